The molecular formula is C22H26BrF3N2O5. The third kappa shape index (κ3) is 6.73. The van der Waals surface area contributed by atoms with E-state index in [0.717, 1.165) is 6.42 Å². The second kappa shape index (κ2) is 12.1. The van der Waals surface area contributed by atoms with Crippen LogP contribution in [0.2, 0.25) is 0 Å². The molecule has 2 aromatic rings. The molecule has 182 valence electrons. The van der Waals surface area contributed by atoms with Gasteiger partial charge in [-0.25, -0.2) is 4.79 Å². The number of hydrogen-bond acceptors (Lipinski definition) is 6. The van der Waals surface area contributed by atoms with Crippen LogP contribution in [0.15, 0.2) is 35.1 Å². The molecule has 0 saturated heterocycles. The van der Waals surface area contributed by atoms with Crippen molar-refractivity contribution in [3.8, 4) is 5.88 Å². The zero-order valence-electron chi connectivity index (χ0n) is 18.7. The first kappa shape index (κ1) is 26.7. The van der Waals surface area contributed by atoms with E-state index < -0.39 is 23.6 Å². The van der Waals surface area contributed by atoms with Gasteiger partial charge in [-0.2, -0.15) is 13.2 Å². The lowest BCUT2D eigenvalue weighted by Crippen LogP contribution is -2.19. The van der Waals surface area contributed by atoms with Crippen LogP contribution in [-0.4, -0.2) is 43.2 Å². The van der Waals surface area contributed by atoms with E-state index in [9.17, 15) is 18.0 Å². The Balaban J connectivity index is 2.40. The van der Waals surface area contributed by atoms with Gasteiger partial charge in [-0.1, -0.05) is 37.6 Å². The Morgan fingerprint density at radius 2 is 1.94 bits per heavy atom. The molecule has 1 heterocycles. The van der Waals surface area contributed by atoms with Crippen LogP contribution in [0.4, 0.5) is 13.2 Å². The lowest BCUT2D eigenvalue weighted by atomic mass is 10.0. The van der Waals surface area contributed by atoms with Crippen LogP contribution in [0.3, 0.4) is 0 Å². The Morgan fingerprint density at radius 3 is 2.52 bits per heavy atom. The first-order valence-electron chi connectivity index (χ1n) is 10.1. The molecule has 33 heavy (non-hydrogen) atoms. The van der Waals surface area contributed by atoms with E-state index >= 15 is 0 Å². The quantitative estimate of drug-likeness (QED) is 0.223. The standard InChI is InChI=1S/C22H26BrF3N2O5/c1-5-8-15(31-3)11-28-19(23)18(22(24,25)26)20(27-28)33-12-14-9-6-7-10-16(14)17(13-30-2)21(29)32-4/h6-7,9-10,13,15H,5,8,11-12H2,1-4H3/b17-13+. The third-order valence-electron chi connectivity index (χ3n) is 4.78. The summed E-state index contributed by atoms with van der Waals surface area (Å²) in [5.41, 5.74) is -0.0668. The van der Waals surface area contributed by atoms with Gasteiger partial charge in [0, 0.05) is 7.11 Å². The van der Waals surface area contributed by atoms with Crippen LogP contribution in [0, 0.1) is 0 Å². The molecule has 0 aliphatic heterocycles. The number of esters is 1. The molecule has 0 aliphatic rings. The summed E-state index contributed by atoms with van der Waals surface area (Å²) in [5, 5.41) is 4.04. The van der Waals surface area contributed by atoms with E-state index in [2.05, 4.69) is 21.0 Å². The Kier molecular flexibility index (Phi) is 9.78. The summed E-state index contributed by atoms with van der Waals surface area (Å²) in [7, 11) is 4.09. The van der Waals surface area contributed by atoms with Gasteiger partial charge < -0.3 is 18.9 Å². The van der Waals surface area contributed by atoms with Crippen molar-refractivity contribution in [2.75, 3.05) is 21.3 Å². The molecule has 1 aromatic carbocycles. The molecule has 1 atom stereocenters. The fourth-order valence-corrected chi connectivity index (χ4v) is 3.80. The van der Waals surface area contributed by atoms with E-state index in [4.69, 9.17) is 18.9 Å². The number of hydrogen-bond donors (Lipinski definition) is 0. The van der Waals surface area contributed by atoms with Crippen molar-refractivity contribution in [2.24, 2.45) is 0 Å². The van der Waals surface area contributed by atoms with Crippen molar-refractivity contribution < 1.29 is 36.9 Å². The molecule has 0 saturated carbocycles. The number of carbonyl (C=O) groups excluding carboxylic acids is 1. The average Bonchev–Trinajstić information content (AvgIpc) is 3.10. The van der Waals surface area contributed by atoms with E-state index in [1.807, 2.05) is 6.92 Å². The zero-order valence-corrected chi connectivity index (χ0v) is 20.3. The predicted molar refractivity (Wildman–Crippen MR) is 118 cm³/mol. The second-order valence-corrected chi connectivity index (χ2v) is 7.75. The summed E-state index contributed by atoms with van der Waals surface area (Å²) < 4.78 is 62.9. The highest BCUT2D eigenvalue weighted by atomic mass is 79.9. The van der Waals surface area contributed by atoms with Gasteiger partial charge in [0.1, 0.15) is 16.8 Å². The molecule has 0 aliphatic carbocycles. The zero-order chi connectivity index (χ0) is 24.6. The molecular weight excluding hydrogens is 509 g/mol. The highest BCUT2D eigenvalue weighted by molar-refractivity contribution is 9.10. The topological polar surface area (TPSA) is 71.8 Å². The molecule has 0 spiro atoms. The molecule has 0 N–H and O–H groups in total. The van der Waals surface area contributed by atoms with Crippen molar-refractivity contribution in [2.45, 2.75) is 45.2 Å². The fourth-order valence-electron chi connectivity index (χ4n) is 3.18. The Labute approximate surface area is 198 Å². The summed E-state index contributed by atoms with van der Waals surface area (Å²) in [6.07, 6.45) is -2.33. The van der Waals surface area contributed by atoms with Gasteiger partial charge in [-0.05, 0) is 33.5 Å². The van der Waals surface area contributed by atoms with Crippen LogP contribution >= 0.6 is 15.9 Å². The van der Waals surface area contributed by atoms with Gasteiger partial charge in [-0.15, -0.1) is 5.10 Å². The average molecular weight is 535 g/mol. The van der Waals surface area contributed by atoms with E-state index in [0.29, 0.717) is 17.5 Å². The van der Waals surface area contributed by atoms with Crippen molar-refractivity contribution in [3.63, 3.8) is 0 Å². The SMILES string of the molecule is CCCC(Cn1nc(OCc2ccccc2/C(=C\OC)C(=O)OC)c(C(F)(F)F)c1Br)OC. The molecule has 0 fully saturated rings. The van der Waals surface area contributed by atoms with Gasteiger partial charge in [0.15, 0.2) is 5.56 Å². The van der Waals surface area contributed by atoms with Crippen molar-refractivity contribution in [1.82, 2.24) is 9.78 Å². The molecule has 0 amide bonds. The van der Waals surface area contributed by atoms with Crippen LogP contribution in [0.1, 0.15) is 36.5 Å². The minimum Gasteiger partial charge on any atom is -0.503 e. The van der Waals surface area contributed by atoms with Crippen LogP contribution < -0.4 is 4.74 Å². The fraction of sp³-hybridized carbons (Fsp3) is 0.455. The molecule has 1 unspecified atom stereocenters. The minimum absolute atomic E-state index is 0.101. The first-order chi connectivity index (χ1) is 15.7. The number of methoxy groups -OCH3 is 3. The summed E-state index contributed by atoms with van der Waals surface area (Å²) in [5.74, 6) is -1.24. The largest absolute Gasteiger partial charge is 0.503 e. The van der Waals surface area contributed by atoms with E-state index in [1.54, 1.807) is 24.3 Å². The normalized spacial score (nSPS) is 13.0. The van der Waals surface area contributed by atoms with Gasteiger partial charge in [0.05, 0.1) is 33.1 Å². The maximum absolute atomic E-state index is 13.8. The summed E-state index contributed by atoms with van der Waals surface area (Å²) in [6.45, 7) is 1.80. The van der Waals surface area contributed by atoms with Gasteiger partial charge in [0.2, 0.25) is 5.88 Å². The van der Waals surface area contributed by atoms with Crippen molar-refractivity contribution in [1.29, 1.82) is 0 Å². The smallest absolute Gasteiger partial charge is 0.424 e. The maximum atomic E-state index is 13.8. The van der Waals surface area contributed by atoms with Gasteiger partial charge in [-0.3, -0.25) is 4.68 Å². The maximum Gasteiger partial charge on any atom is 0.424 e. The molecule has 0 bridgehead atoms. The van der Waals surface area contributed by atoms with Gasteiger partial charge in [0.25, 0.3) is 0 Å². The number of rotatable bonds is 11. The number of benzene rings is 1. The summed E-state index contributed by atoms with van der Waals surface area (Å²) in [6, 6.07) is 6.60. The van der Waals surface area contributed by atoms with Crippen LogP contribution in [0.5, 0.6) is 5.88 Å². The highest BCUT2D eigenvalue weighted by Crippen LogP contribution is 2.41. The lowest BCUT2D eigenvalue weighted by molar-refractivity contribution is -0.139. The number of carbonyl (C=O) groups is 1. The number of nitrogens with zero attached hydrogens (tertiary/aromatic N) is 2. The van der Waals surface area contributed by atoms with Crippen LogP contribution in [-0.2, 0) is 38.3 Å². The first-order valence-corrected chi connectivity index (χ1v) is 10.9. The molecule has 2 rings (SSSR count). The van der Waals surface area contributed by atoms with E-state index in [1.165, 1.54) is 32.3 Å². The van der Waals surface area contributed by atoms with Gasteiger partial charge >= 0.3 is 12.1 Å². The molecule has 1 aromatic heterocycles. The highest BCUT2D eigenvalue weighted by Gasteiger charge is 2.41. The number of alkyl halides is 3. The van der Waals surface area contributed by atoms with Crippen molar-refractivity contribution in [3.05, 3.63) is 51.8 Å². The Bertz CT molecular complexity index is 975. The Hall–Kier alpha value is -2.53. The Morgan fingerprint density at radius 1 is 1.24 bits per heavy atom. The van der Waals surface area contributed by atoms with Crippen molar-refractivity contribution >= 4 is 27.5 Å². The minimum atomic E-state index is -4.70. The number of aromatic nitrogens is 2. The third-order valence-corrected chi connectivity index (χ3v) is 5.58. The van der Waals surface area contributed by atoms with Crippen LogP contribution in [0.25, 0.3) is 5.57 Å². The number of ether oxygens (including phenoxy) is 4. The summed E-state index contributed by atoms with van der Waals surface area (Å²) in [4.78, 5) is 12.2. The summed E-state index contributed by atoms with van der Waals surface area (Å²) >= 11 is 3.02. The molecule has 0 radical (unpaired) electrons. The predicted octanol–water partition coefficient (Wildman–Crippen LogP) is 5.22. The van der Waals surface area contributed by atoms with E-state index in [-0.39, 0.29) is 29.4 Å². The second-order valence-electron chi connectivity index (χ2n) is 7.00. The molecule has 7 nitrogen and oxygen atoms in total. The number of halogens is 4. The molecule has 11 heteroatoms. The lowest BCUT2D eigenvalue weighted by Gasteiger charge is -2.15. The monoisotopic (exact) mass is 534 g/mol.